The smallest absolute Gasteiger partial charge is 0.123 e. The minimum absolute atomic E-state index is 0.455. The van der Waals surface area contributed by atoms with Crippen LogP contribution >= 0.6 is 0 Å². The summed E-state index contributed by atoms with van der Waals surface area (Å²) in [5, 5.41) is 3.09. The van der Waals surface area contributed by atoms with E-state index in [2.05, 4.69) is 37.4 Å². The maximum absolute atomic E-state index is 5.98. The van der Waals surface area contributed by atoms with Crippen LogP contribution in [0.3, 0.4) is 0 Å². The fourth-order valence-electron chi connectivity index (χ4n) is 2.24. The molecular weight excluding hydrogens is 250 g/mol. The standard InChI is InChI=1S/C17H23NO2/c1-12(2)16-7-5-6-8-17(16)19-11-14-9-15(10-18-4)20-13(14)3/h5-9,12,18H,10-11H2,1-4H3. The number of hydrogen-bond donors (Lipinski definition) is 1. The summed E-state index contributed by atoms with van der Waals surface area (Å²) in [6.07, 6.45) is 0. The second-order valence-electron chi connectivity index (χ2n) is 5.31. The fraction of sp³-hybridized carbons (Fsp3) is 0.412. The molecule has 0 spiro atoms. The molecule has 1 aromatic carbocycles. The molecular formula is C17H23NO2. The normalized spacial score (nSPS) is 11.1. The lowest BCUT2D eigenvalue weighted by molar-refractivity contribution is 0.298. The van der Waals surface area contributed by atoms with Crippen molar-refractivity contribution in [2.24, 2.45) is 0 Å². The van der Waals surface area contributed by atoms with Gasteiger partial charge in [-0.3, -0.25) is 0 Å². The summed E-state index contributed by atoms with van der Waals surface area (Å²) in [4.78, 5) is 0. The van der Waals surface area contributed by atoms with Crippen LogP contribution < -0.4 is 10.1 Å². The highest BCUT2D eigenvalue weighted by Gasteiger charge is 2.10. The van der Waals surface area contributed by atoms with Gasteiger partial charge in [-0.15, -0.1) is 0 Å². The Labute approximate surface area is 121 Å². The van der Waals surface area contributed by atoms with Crippen LogP contribution in [0.25, 0.3) is 0 Å². The Kier molecular flexibility index (Phi) is 4.85. The van der Waals surface area contributed by atoms with Gasteiger partial charge in [0.15, 0.2) is 0 Å². The summed E-state index contributed by atoms with van der Waals surface area (Å²) in [5.74, 6) is 3.28. The summed E-state index contributed by atoms with van der Waals surface area (Å²) >= 11 is 0. The summed E-state index contributed by atoms with van der Waals surface area (Å²) in [6, 6.07) is 10.3. The van der Waals surface area contributed by atoms with Gasteiger partial charge in [-0.1, -0.05) is 32.0 Å². The number of nitrogens with one attached hydrogen (secondary N) is 1. The molecule has 3 nitrogen and oxygen atoms in total. The van der Waals surface area contributed by atoms with E-state index in [0.29, 0.717) is 12.5 Å². The highest BCUT2D eigenvalue weighted by Crippen LogP contribution is 2.27. The molecule has 0 aliphatic rings. The van der Waals surface area contributed by atoms with E-state index in [-0.39, 0.29) is 0 Å². The number of hydrogen-bond acceptors (Lipinski definition) is 3. The molecule has 0 amide bonds. The molecule has 1 heterocycles. The minimum atomic E-state index is 0.455. The predicted octanol–water partition coefficient (Wildman–Crippen LogP) is 4.01. The van der Waals surface area contributed by atoms with Gasteiger partial charge in [0.1, 0.15) is 23.9 Å². The molecule has 1 aromatic heterocycles. The molecule has 0 aliphatic heterocycles. The zero-order chi connectivity index (χ0) is 14.5. The van der Waals surface area contributed by atoms with Crippen molar-refractivity contribution < 1.29 is 9.15 Å². The van der Waals surface area contributed by atoms with Crippen LogP contribution in [0.1, 0.15) is 42.4 Å². The number of benzene rings is 1. The topological polar surface area (TPSA) is 34.4 Å². The Morgan fingerprint density at radius 1 is 1.25 bits per heavy atom. The lowest BCUT2D eigenvalue weighted by atomic mass is 10.0. The van der Waals surface area contributed by atoms with Crippen molar-refractivity contribution in [2.45, 2.75) is 39.8 Å². The lowest BCUT2D eigenvalue weighted by Gasteiger charge is -2.13. The SMILES string of the molecule is CNCc1cc(COc2ccccc2C(C)C)c(C)o1. The minimum Gasteiger partial charge on any atom is -0.488 e. The van der Waals surface area contributed by atoms with Crippen LogP contribution in [0.2, 0.25) is 0 Å². The monoisotopic (exact) mass is 273 g/mol. The fourth-order valence-corrected chi connectivity index (χ4v) is 2.24. The number of para-hydroxylation sites is 1. The molecule has 108 valence electrons. The second-order valence-corrected chi connectivity index (χ2v) is 5.31. The maximum atomic E-state index is 5.98. The number of ether oxygens (including phenoxy) is 1. The quantitative estimate of drug-likeness (QED) is 0.863. The lowest BCUT2D eigenvalue weighted by Crippen LogP contribution is -2.03. The van der Waals surface area contributed by atoms with E-state index < -0.39 is 0 Å². The molecule has 0 saturated carbocycles. The Hall–Kier alpha value is -1.74. The van der Waals surface area contributed by atoms with Crippen LogP contribution in [0, 0.1) is 6.92 Å². The van der Waals surface area contributed by atoms with Gasteiger partial charge in [-0.05, 0) is 37.6 Å². The summed E-state index contributed by atoms with van der Waals surface area (Å²) in [6.45, 7) is 7.62. The van der Waals surface area contributed by atoms with Gasteiger partial charge in [0, 0.05) is 5.56 Å². The Bertz CT molecular complexity index is 558. The zero-order valence-corrected chi connectivity index (χ0v) is 12.7. The van der Waals surface area contributed by atoms with Crippen molar-refractivity contribution in [1.82, 2.24) is 5.32 Å². The van der Waals surface area contributed by atoms with E-state index >= 15 is 0 Å². The van der Waals surface area contributed by atoms with Gasteiger partial charge in [0.25, 0.3) is 0 Å². The highest BCUT2D eigenvalue weighted by atomic mass is 16.5. The van der Waals surface area contributed by atoms with Crippen molar-refractivity contribution in [3.05, 3.63) is 53.0 Å². The molecule has 0 bridgehead atoms. The van der Waals surface area contributed by atoms with Crippen LogP contribution in [0.4, 0.5) is 0 Å². The molecule has 20 heavy (non-hydrogen) atoms. The van der Waals surface area contributed by atoms with Crippen molar-refractivity contribution in [1.29, 1.82) is 0 Å². The number of rotatable bonds is 6. The van der Waals surface area contributed by atoms with Gasteiger partial charge >= 0.3 is 0 Å². The van der Waals surface area contributed by atoms with Crippen molar-refractivity contribution in [3.63, 3.8) is 0 Å². The molecule has 0 fully saturated rings. The largest absolute Gasteiger partial charge is 0.488 e. The van der Waals surface area contributed by atoms with Gasteiger partial charge in [0.05, 0.1) is 6.54 Å². The zero-order valence-electron chi connectivity index (χ0n) is 12.7. The van der Waals surface area contributed by atoms with E-state index in [1.54, 1.807) is 0 Å². The summed E-state index contributed by atoms with van der Waals surface area (Å²) < 4.78 is 11.7. The van der Waals surface area contributed by atoms with Gasteiger partial charge in [0.2, 0.25) is 0 Å². The highest BCUT2D eigenvalue weighted by molar-refractivity contribution is 5.36. The van der Waals surface area contributed by atoms with Gasteiger partial charge in [-0.25, -0.2) is 0 Å². The van der Waals surface area contributed by atoms with E-state index in [9.17, 15) is 0 Å². The maximum Gasteiger partial charge on any atom is 0.123 e. The third kappa shape index (κ3) is 3.42. The van der Waals surface area contributed by atoms with Crippen molar-refractivity contribution in [3.8, 4) is 5.75 Å². The molecule has 1 N–H and O–H groups in total. The average Bonchev–Trinajstić information content (AvgIpc) is 2.77. The van der Waals surface area contributed by atoms with Crippen molar-refractivity contribution >= 4 is 0 Å². The number of aryl methyl sites for hydroxylation is 1. The summed E-state index contributed by atoms with van der Waals surface area (Å²) in [5.41, 5.74) is 2.35. The first kappa shape index (κ1) is 14.7. The Balaban J connectivity index is 2.09. The average molecular weight is 273 g/mol. The molecule has 0 unspecified atom stereocenters. The van der Waals surface area contributed by atoms with Crippen LogP contribution in [-0.4, -0.2) is 7.05 Å². The third-order valence-corrected chi connectivity index (χ3v) is 3.35. The summed E-state index contributed by atoms with van der Waals surface area (Å²) in [7, 11) is 1.91. The first-order valence-corrected chi connectivity index (χ1v) is 7.06. The van der Waals surface area contributed by atoms with E-state index in [4.69, 9.17) is 9.15 Å². The van der Waals surface area contributed by atoms with E-state index in [0.717, 1.165) is 29.4 Å². The molecule has 0 aliphatic carbocycles. The van der Waals surface area contributed by atoms with Crippen LogP contribution in [0.15, 0.2) is 34.7 Å². The molecule has 0 atom stereocenters. The molecule has 3 heteroatoms. The van der Waals surface area contributed by atoms with E-state index in [1.807, 2.05) is 26.1 Å². The number of furan rings is 1. The Morgan fingerprint density at radius 3 is 2.70 bits per heavy atom. The van der Waals surface area contributed by atoms with E-state index in [1.165, 1.54) is 5.56 Å². The molecule has 0 saturated heterocycles. The molecule has 2 aromatic rings. The molecule has 0 radical (unpaired) electrons. The van der Waals surface area contributed by atoms with Crippen molar-refractivity contribution in [2.75, 3.05) is 7.05 Å². The van der Waals surface area contributed by atoms with Crippen LogP contribution in [0.5, 0.6) is 5.75 Å². The Morgan fingerprint density at radius 2 is 2.00 bits per heavy atom. The first-order chi connectivity index (χ1) is 9.61. The van der Waals surface area contributed by atoms with Crippen LogP contribution in [-0.2, 0) is 13.2 Å². The predicted molar refractivity (Wildman–Crippen MR) is 81.1 cm³/mol. The molecule has 2 rings (SSSR count). The second kappa shape index (κ2) is 6.62. The van der Waals surface area contributed by atoms with Gasteiger partial charge < -0.3 is 14.5 Å². The third-order valence-electron chi connectivity index (χ3n) is 3.35. The van der Waals surface area contributed by atoms with Gasteiger partial charge in [-0.2, -0.15) is 0 Å². The first-order valence-electron chi connectivity index (χ1n) is 7.06.